The highest BCUT2D eigenvalue weighted by Gasteiger charge is 2.62. The van der Waals surface area contributed by atoms with Gasteiger partial charge in [-0.2, -0.15) is 13.2 Å². The fourth-order valence-electron chi connectivity index (χ4n) is 2.67. The van der Waals surface area contributed by atoms with Gasteiger partial charge in [0.1, 0.15) is 0 Å². The van der Waals surface area contributed by atoms with Gasteiger partial charge in [0.15, 0.2) is 0 Å². The summed E-state index contributed by atoms with van der Waals surface area (Å²) < 4.78 is 40.1. The Morgan fingerprint density at radius 3 is 2.56 bits per heavy atom. The molecule has 3 rings (SSSR count). The number of hydrogen-bond acceptors (Lipinski definition) is 5. The molecule has 134 valence electrons. The first-order chi connectivity index (χ1) is 11.5. The molecule has 0 bridgehead atoms. The van der Waals surface area contributed by atoms with E-state index in [0.717, 1.165) is 18.2 Å². The second-order valence-electron chi connectivity index (χ2n) is 6.11. The number of nitro benzene ring substituents is 1. The van der Waals surface area contributed by atoms with Crippen LogP contribution in [-0.4, -0.2) is 32.8 Å². The lowest BCUT2D eigenvalue weighted by Crippen LogP contribution is -2.60. The molecule has 1 aliphatic carbocycles. The standard InChI is InChI=1S/C15H14F3N3O4/c1-8-6-10(4-5-12(8)21(24)25)13(22)20-14(23,15(16,17)18)7-11(19-20)9-2-3-9/h4-7,9,19,23H,2-3H2,1H3. The topological polar surface area (TPSA) is 95.7 Å². The van der Waals surface area contributed by atoms with Crippen molar-refractivity contribution in [1.82, 2.24) is 10.4 Å². The molecule has 0 saturated heterocycles. The molecule has 7 nitrogen and oxygen atoms in total. The van der Waals surface area contributed by atoms with Crippen LogP contribution in [0.3, 0.4) is 0 Å². The Hall–Kier alpha value is -2.62. The zero-order valence-electron chi connectivity index (χ0n) is 13.0. The molecule has 10 heteroatoms. The number of carbonyl (C=O) groups excluding carboxylic acids is 1. The van der Waals surface area contributed by atoms with Crippen LogP contribution >= 0.6 is 0 Å². The van der Waals surface area contributed by atoms with Crippen molar-refractivity contribution in [3.63, 3.8) is 0 Å². The highest BCUT2D eigenvalue weighted by atomic mass is 19.4. The van der Waals surface area contributed by atoms with Gasteiger partial charge in [0.05, 0.1) is 4.92 Å². The molecule has 2 N–H and O–H groups in total. The smallest absolute Gasteiger partial charge is 0.359 e. The summed E-state index contributed by atoms with van der Waals surface area (Å²) in [6.45, 7) is 1.37. The molecule has 1 amide bonds. The largest absolute Gasteiger partial charge is 0.442 e. The van der Waals surface area contributed by atoms with Crippen molar-refractivity contribution in [1.29, 1.82) is 0 Å². The minimum atomic E-state index is -5.11. The van der Waals surface area contributed by atoms with E-state index >= 15 is 0 Å². The van der Waals surface area contributed by atoms with E-state index in [4.69, 9.17) is 0 Å². The molecule has 1 fully saturated rings. The monoisotopic (exact) mass is 357 g/mol. The summed E-state index contributed by atoms with van der Waals surface area (Å²) in [4.78, 5) is 22.7. The fraction of sp³-hybridized carbons (Fsp3) is 0.400. The second-order valence-corrected chi connectivity index (χ2v) is 6.11. The third kappa shape index (κ3) is 2.82. The molecular formula is C15H14F3N3O4. The molecule has 1 aromatic rings. The number of nitro groups is 1. The van der Waals surface area contributed by atoms with E-state index in [9.17, 15) is 33.2 Å². The Morgan fingerprint density at radius 1 is 1.44 bits per heavy atom. The fourth-order valence-corrected chi connectivity index (χ4v) is 2.67. The zero-order valence-corrected chi connectivity index (χ0v) is 13.0. The number of carbonyl (C=O) groups is 1. The maximum atomic E-state index is 13.4. The molecule has 2 aliphatic rings. The molecule has 1 atom stereocenters. The van der Waals surface area contributed by atoms with Crippen molar-refractivity contribution < 1.29 is 28.0 Å². The molecule has 1 aliphatic heterocycles. The minimum absolute atomic E-state index is 0.126. The van der Waals surface area contributed by atoms with Gasteiger partial charge in [-0.05, 0) is 31.9 Å². The number of allylic oxidation sites excluding steroid dienone is 1. The molecule has 25 heavy (non-hydrogen) atoms. The van der Waals surface area contributed by atoms with E-state index < -0.39 is 22.7 Å². The van der Waals surface area contributed by atoms with E-state index in [0.29, 0.717) is 18.9 Å². The van der Waals surface area contributed by atoms with Crippen molar-refractivity contribution in [2.45, 2.75) is 31.7 Å². The van der Waals surface area contributed by atoms with Crippen molar-refractivity contribution >= 4 is 11.6 Å². The van der Waals surface area contributed by atoms with Crippen LogP contribution in [0, 0.1) is 23.0 Å². The normalized spacial score (nSPS) is 23.2. The summed E-state index contributed by atoms with van der Waals surface area (Å²) >= 11 is 0. The molecular weight excluding hydrogens is 343 g/mol. The van der Waals surface area contributed by atoms with E-state index in [1.807, 2.05) is 0 Å². The molecule has 0 aromatic heterocycles. The number of hydrazine groups is 1. The number of halogens is 3. The predicted octanol–water partition coefficient (Wildman–Crippen LogP) is 2.41. The Bertz CT molecular complexity index is 789. The van der Waals surface area contributed by atoms with Gasteiger partial charge in [-0.25, -0.2) is 5.01 Å². The number of amides is 1. The van der Waals surface area contributed by atoms with Gasteiger partial charge in [0, 0.05) is 34.9 Å². The van der Waals surface area contributed by atoms with Crippen LogP contribution in [0.25, 0.3) is 0 Å². The van der Waals surface area contributed by atoms with Gasteiger partial charge >= 0.3 is 6.18 Å². The van der Waals surface area contributed by atoms with Crippen LogP contribution in [0.2, 0.25) is 0 Å². The highest BCUT2D eigenvalue weighted by molar-refractivity contribution is 5.95. The Labute approximate surface area is 139 Å². The lowest BCUT2D eigenvalue weighted by molar-refractivity contribution is -0.385. The number of aryl methyl sites for hydroxylation is 1. The first-order valence-corrected chi connectivity index (χ1v) is 7.42. The predicted molar refractivity (Wildman–Crippen MR) is 79.0 cm³/mol. The summed E-state index contributed by atoms with van der Waals surface area (Å²) in [7, 11) is 0. The summed E-state index contributed by atoms with van der Waals surface area (Å²) in [5, 5.41) is 21.1. The lowest BCUT2D eigenvalue weighted by atomic mass is 10.1. The van der Waals surface area contributed by atoms with Crippen molar-refractivity contribution in [2.24, 2.45) is 5.92 Å². The number of rotatable bonds is 3. The molecule has 1 aromatic carbocycles. The van der Waals surface area contributed by atoms with Crippen LogP contribution in [-0.2, 0) is 0 Å². The second kappa shape index (κ2) is 5.45. The van der Waals surface area contributed by atoms with Crippen LogP contribution in [0.15, 0.2) is 30.0 Å². The van der Waals surface area contributed by atoms with Crippen LogP contribution in [0.1, 0.15) is 28.8 Å². The van der Waals surface area contributed by atoms with E-state index in [2.05, 4.69) is 5.43 Å². The van der Waals surface area contributed by atoms with Crippen LogP contribution in [0.5, 0.6) is 0 Å². The molecule has 0 spiro atoms. The summed E-state index contributed by atoms with van der Waals surface area (Å²) in [6, 6.07) is 3.22. The number of nitrogens with one attached hydrogen (secondary N) is 1. The van der Waals surface area contributed by atoms with Gasteiger partial charge in [-0.15, -0.1) is 0 Å². The van der Waals surface area contributed by atoms with E-state index in [1.54, 1.807) is 0 Å². The summed E-state index contributed by atoms with van der Waals surface area (Å²) in [6.07, 6.45) is -3.15. The van der Waals surface area contributed by atoms with Crippen molar-refractivity contribution in [3.05, 3.63) is 51.2 Å². The summed E-state index contributed by atoms with van der Waals surface area (Å²) in [5.74, 6) is -1.28. The Morgan fingerprint density at radius 2 is 2.08 bits per heavy atom. The maximum absolute atomic E-state index is 13.4. The SMILES string of the molecule is Cc1cc(C(=O)N2NC(C3CC3)=CC2(O)C(F)(F)F)ccc1[N+](=O)[O-]. The average molecular weight is 357 g/mol. The number of benzene rings is 1. The summed E-state index contributed by atoms with van der Waals surface area (Å²) in [5.41, 5.74) is -1.32. The van der Waals surface area contributed by atoms with Crippen LogP contribution < -0.4 is 5.43 Å². The van der Waals surface area contributed by atoms with Gasteiger partial charge in [0.25, 0.3) is 17.3 Å². The number of hydrogen-bond donors (Lipinski definition) is 2. The first kappa shape index (κ1) is 17.2. The molecule has 1 unspecified atom stereocenters. The van der Waals surface area contributed by atoms with Gasteiger partial charge < -0.3 is 5.11 Å². The quantitative estimate of drug-likeness (QED) is 0.640. The Balaban J connectivity index is 1.96. The molecule has 1 heterocycles. The van der Waals surface area contributed by atoms with Gasteiger partial charge in [-0.3, -0.25) is 20.3 Å². The lowest BCUT2D eigenvalue weighted by Gasteiger charge is -2.33. The number of nitrogens with zero attached hydrogens (tertiary/aromatic N) is 2. The third-order valence-corrected chi connectivity index (χ3v) is 4.22. The minimum Gasteiger partial charge on any atom is -0.359 e. The van der Waals surface area contributed by atoms with Crippen molar-refractivity contribution in [3.8, 4) is 0 Å². The van der Waals surface area contributed by atoms with E-state index in [1.165, 1.54) is 6.92 Å². The van der Waals surface area contributed by atoms with Crippen molar-refractivity contribution in [2.75, 3.05) is 0 Å². The zero-order chi connectivity index (χ0) is 18.6. The number of alkyl halides is 3. The Kier molecular flexibility index (Phi) is 3.75. The van der Waals surface area contributed by atoms with E-state index in [-0.39, 0.29) is 33.4 Å². The van der Waals surface area contributed by atoms with Gasteiger partial charge in [0.2, 0.25) is 0 Å². The van der Waals surface area contributed by atoms with Gasteiger partial charge in [-0.1, -0.05) is 0 Å². The average Bonchev–Trinajstić information content (AvgIpc) is 3.28. The van der Waals surface area contributed by atoms with Crippen LogP contribution in [0.4, 0.5) is 18.9 Å². The maximum Gasteiger partial charge on any atom is 0.442 e. The molecule has 1 saturated carbocycles. The number of aliphatic hydroxyl groups is 1. The first-order valence-electron chi connectivity index (χ1n) is 7.42. The highest BCUT2D eigenvalue weighted by Crippen LogP contribution is 2.44. The molecule has 0 radical (unpaired) electrons. The third-order valence-electron chi connectivity index (χ3n) is 4.22.